The Morgan fingerprint density at radius 1 is 1.25 bits per heavy atom. The highest BCUT2D eigenvalue weighted by Gasteiger charge is 2.15. The fourth-order valence-corrected chi connectivity index (χ4v) is 2.09. The maximum Gasteiger partial charge on any atom is 0.163 e. The molecule has 0 aliphatic carbocycles. The van der Waals surface area contributed by atoms with Crippen molar-refractivity contribution in [2.24, 2.45) is 5.73 Å². The van der Waals surface area contributed by atoms with Crippen molar-refractivity contribution in [2.45, 2.75) is 13.0 Å². The summed E-state index contributed by atoms with van der Waals surface area (Å²) in [5, 5.41) is 0.455. The Kier molecular flexibility index (Phi) is 4.57. The van der Waals surface area contributed by atoms with Gasteiger partial charge in [0.1, 0.15) is 12.4 Å². The summed E-state index contributed by atoms with van der Waals surface area (Å²) >= 11 is 6.02. The highest BCUT2D eigenvalue weighted by atomic mass is 35.5. The van der Waals surface area contributed by atoms with E-state index in [1.54, 1.807) is 12.1 Å². The predicted molar refractivity (Wildman–Crippen MR) is 75.0 cm³/mol. The van der Waals surface area contributed by atoms with Crippen molar-refractivity contribution in [3.8, 4) is 5.75 Å². The van der Waals surface area contributed by atoms with Gasteiger partial charge in [-0.2, -0.15) is 0 Å². The van der Waals surface area contributed by atoms with Gasteiger partial charge >= 0.3 is 0 Å². The standard InChI is InChI=1S/C15H14ClF2NO/c1-9-5-6-14(11(16)7-9)20-8-13(19)10-3-2-4-12(17)15(10)18/h2-7,13H,8,19H2,1H3. The summed E-state index contributed by atoms with van der Waals surface area (Å²) in [6.07, 6.45) is 0. The summed E-state index contributed by atoms with van der Waals surface area (Å²) in [5.41, 5.74) is 6.90. The molecule has 1 unspecified atom stereocenters. The van der Waals surface area contributed by atoms with E-state index in [1.807, 2.05) is 13.0 Å². The summed E-state index contributed by atoms with van der Waals surface area (Å²) in [6, 6.07) is 8.43. The third-order valence-corrected chi connectivity index (χ3v) is 3.18. The minimum atomic E-state index is -0.946. The van der Waals surface area contributed by atoms with E-state index in [9.17, 15) is 8.78 Å². The molecule has 0 saturated carbocycles. The molecule has 2 N–H and O–H groups in total. The van der Waals surface area contributed by atoms with Gasteiger partial charge in [0.15, 0.2) is 11.6 Å². The van der Waals surface area contributed by atoms with Gasteiger partial charge in [-0.3, -0.25) is 0 Å². The largest absolute Gasteiger partial charge is 0.490 e. The van der Waals surface area contributed by atoms with Crippen LogP contribution in [0, 0.1) is 18.6 Å². The molecule has 0 aliphatic heterocycles. The molecule has 0 saturated heterocycles. The Morgan fingerprint density at radius 3 is 2.70 bits per heavy atom. The fourth-order valence-electron chi connectivity index (χ4n) is 1.80. The topological polar surface area (TPSA) is 35.2 Å². The second-order valence-electron chi connectivity index (χ2n) is 4.49. The monoisotopic (exact) mass is 297 g/mol. The first-order valence-corrected chi connectivity index (χ1v) is 6.45. The summed E-state index contributed by atoms with van der Waals surface area (Å²) < 4.78 is 32.1. The molecule has 0 amide bonds. The van der Waals surface area contributed by atoms with E-state index in [-0.39, 0.29) is 12.2 Å². The van der Waals surface area contributed by atoms with Gasteiger partial charge in [-0.15, -0.1) is 0 Å². The van der Waals surface area contributed by atoms with Gasteiger partial charge in [0, 0.05) is 5.56 Å². The van der Waals surface area contributed by atoms with Crippen LogP contribution in [-0.2, 0) is 0 Å². The first-order valence-electron chi connectivity index (χ1n) is 6.07. The van der Waals surface area contributed by atoms with Crippen LogP contribution in [0.4, 0.5) is 8.78 Å². The smallest absolute Gasteiger partial charge is 0.163 e. The van der Waals surface area contributed by atoms with E-state index in [0.717, 1.165) is 11.6 Å². The molecule has 2 aromatic carbocycles. The van der Waals surface area contributed by atoms with Crippen molar-refractivity contribution >= 4 is 11.6 Å². The van der Waals surface area contributed by atoms with Crippen LogP contribution in [0.2, 0.25) is 5.02 Å². The third kappa shape index (κ3) is 3.26. The van der Waals surface area contributed by atoms with Crippen LogP contribution in [0.1, 0.15) is 17.2 Å². The molecule has 2 rings (SSSR count). The van der Waals surface area contributed by atoms with Crippen LogP contribution >= 0.6 is 11.6 Å². The van der Waals surface area contributed by atoms with Crippen LogP contribution in [0.25, 0.3) is 0 Å². The van der Waals surface area contributed by atoms with Crippen molar-refractivity contribution < 1.29 is 13.5 Å². The summed E-state index contributed by atoms with van der Waals surface area (Å²) in [6.45, 7) is 1.91. The number of hydrogen-bond donors (Lipinski definition) is 1. The molecule has 0 heterocycles. The first-order chi connectivity index (χ1) is 9.49. The van der Waals surface area contributed by atoms with E-state index < -0.39 is 17.7 Å². The van der Waals surface area contributed by atoms with Crippen LogP contribution in [0.3, 0.4) is 0 Å². The van der Waals surface area contributed by atoms with Gasteiger partial charge in [-0.1, -0.05) is 29.8 Å². The summed E-state index contributed by atoms with van der Waals surface area (Å²) in [5.74, 6) is -1.41. The lowest BCUT2D eigenvalue weighted by molar-refractivity contribution is 0.287. The maximum atomic E-state index is 13.6. The van der Waals surface area contributed by atoms with Crippen molar-refractivity contribution in [3.05, 3.63) is 64.2 Å². The van der Waals surface area contributed by atoms with Crippen LogP contribution in [-0.4, -0.2) is 6.61 Å². The lowest BCUT2D eigenvalue weighted by Gasteiger charge is -2.15. The fraction of sp³-hybridized carbons (Fsp3) is 0.200. The lowest BCUT2D eigenvalue weighted by Crippen LogP contribution is -2.20. The molecule has 0 radical (unpaired) electrons. The van der Waals surface area contributed by atoms with E-state index in [1.165, 1.54) is 12.1 Å². The SMILES string of the molecule is Cc1ccc(OCC(N)c2cccc(F)c2F)c(Cl)c1. The number of rotatable bonds is 4. The van der Waals surface area contributed by atoms with Crippen LogP contribution in [0.15, 0.2) is 36.4 Å². The summed E-state index contributed by atoms with van der Waals surface area (Å²) in [4.78, 5) is 0. The second kappa shape index (κ2) is 6.20. The van der Waals surface area contributed by atoms with E-state index in [0.29, 0.717) is 10.8 Å². The molecule has 2 aromatic rings. The number of nitrogens with two attached hydrogens (primary N) is 1. The normalized spacial score (nSPS) is 12.2. The molecule has 20 heavy (non-hydrogen) atoms. The zero-order valence-electron chi connectivity index (χ0n) is 10.9. The van der Waals surface area contributed by atoms with Crippen molar-refractivity contribution in [1.82, 2.24) is 0 Å². The number of benzene rings is 2. The molecule has 0 aliphatic rings. The van der Waals surface area contributed by atoms with Crippen molar-refractivity contribution in [1.29, 1.82) is 0 Å². The molecule has 0 bridgehead atoms. The molecule has 5 heteroatoms. The number of hydrogen-bond acceptors (Lipinski definition) is 2. The second-order valence-corrected chi connectivity index (χ2v) is 4.90. The molecular formula is C15H14ClF2NO. The van der Waals surface area contributed by atoms with Gasteiger partial charge in [0.25, 0.3) is 0 Å². The third-order valence-electron chi connectivity index (χ3n) is 2.89. The first kappa shape index (κ1) is 14.8. The molecule has 0 aromatic heterocycles. The predicted octanol–water partition coefficient (Wildman–Crippen LogP) is 4.01. The zero-order valence-corrected chi connectivity index (χ0v) is 11.6. The Hall–Kier alpha value is -1.65. The highest BCUT2D eigenvalue weighted by Crippen LogP contribution is 2.26. The molecule has 0 spiro atoms. The Morgan fingerprint density at radius 2 is 2.00 bits per heavy atom. The van der Waals surface area contributed by atoms with Crippen molar-refractivity contribution in [3.63, 3.8) is 0 Å². The van der Waals surface area contributed by atoms with Crippen LogP contribution in [0.5, 0.6) is 5.75 Å². The average molecular weight is 298 g/mol. The molecular weight excluding hydrogens is 284 g/mol. The number of ether oxygens (including phenoxy) is 1. The lowest BCUT2D eigenvalue weighted by atomic mass is 10.1. The maximum absolute atomic E-state index is 13.6. The van der Waals surface area contributed by atoms with Gasteiger partial charge in [-0.05, 0) is 30.7 Å². The van der Waals surface area contributed by atoms with Crippen molar-refractivity contribution in [2.75, 3.05) is 6.61 Å². The average Bonchev–Trinajstić information content (AvgIpc) is 2.40. The van der Waals surface area contributed by atoms with Gasteiger partial charge in [-0.25, -0.2) is 8.78 Å². The Bertz CT molecular complexity index is 619. The van der Waals surface area contributed by atoms with Crippen LogP contribution < -0.4 is 10.5 Å². The molecule has 1 atom stereocenters. The minimum absolute atomic E-state index is 0.00313. The highest BCUT2D eigenvalue weighted by molar-refractivity contribution is 6.32. The summed E-state index contributed by atoms with van der Waals surface area (Å²) in [7, 11) is 0. The molecule has 106 valence electrons. The number of halogens is 3. The quantitative estimate of drug-likeness (QED) is 0.925. The molecule has 2 nitrogen and oxygen atoms in total. The van der Waals surface area contributed by atoms with E-state index in [2.05, 4.69) is 0 Å². The zero-order chi connectivity index (χ0) is 14.7. The molecule has 0 fully saturated rings. The minimum Gasteiger partial charge on any atom is -0.490 e. The van der Waals surface area contributed by atoms with Gasteiger partial charge in [0.2, 0.25) is 0 Å². The van der Waals surface area contributed by atoms with Gasteiger partial charge < -0.3 is 10.5 Å². The Balaban J connectivity index is 2.08. The van der Waals surface area contributed by atoms with E-state index >= 15 is 0 Å². The Labute approximate surface area is 121 Å². The van der Waals surface area contributed by atoms with E-state index in [4.69, 9.17) is 22.1 Å². The van der Waals surface area contributed by atoms with Gasteiger partial charge in [0.05, 0.1) is 11.1 Å². The number of aryl methyl sites for hydroxylation is 1.